The molecule has 0 saturated carbocycles. The minimum atomic E-state index is -1.22. The zero-order valence-corrected chi connectivity index (χ0v) is 29.2. The highest BCUT2D eigenvalue weighted by Gasteiger charge is 2.37. The number of carbonyl (C=O) groups is 4. The Bertz CT molecular complexity index is 1860. The molecule has 5 rings (SSSR count). The summed E-state index contributed by atoms with van der Waals surface area (Å²) in [7, 11) is 0. The molecule has 268 valence electrons. The van der Waals surface area contributed by atoms with Gasteiger partial charge < -0.3 is 29.0 Å². The molecular weight excluding hydrogens is 655 g/mol. The molecule has 1 aromatic carbocycles. The number of carboxylic acid groups (broad SMARTS) is 1. The van der Waals surface area contributed by atoms with Crippen LogP contribution in [0, 0.1) is 18.7 Å². The number of carbonyl (C=O) groups excluding carboxylic acids is 3. The molecule has 4 amide bonds. The summed E-state index contributed by atoms with van der Waals surface area (Å²) in [5, 5.41) is 15.4. The maximum atomic E-state index is 16.5. The predicted molar refractivity (Wildman–Crippen MR) is 181 cm³/mol. The molecule has 2 aromatic heterocycles. The van der Waals surface area contributed by atoms with Crippen molar-refractivity contribution in [2.75, 3.05) is 41.8 Å². The van der Waals surface area contributed by atoms with Gasteiger partial charge in [0.15, 0.2) is 5.82 Å². The van der Waals surface area contributed by atoms with E-state index in [0.29, 0.717) is 17.5 Å². The predicted octanol–water partition coefficient (Wildman–Crippen LogP) is 6.77. The third-order valence-electron chi connectivity index (χ3n) is 7.89. The number of likely N-dealkylation sites (tertiary alicyclic amines) is 1. The second-order valence-corrected chi connectivity index (χ2v) is 14.2. The van der Waals surface area contributed by atoms with Crippen LogP contribution in [-0.4, -0.2) is 87.9 Å². The summed E-state index contributed by atoms with van der Waals surface area (Å²) in [5.74, 6) is -0.865. The fourth-order valence-corrected chi connectivity index (χ4v) is 5.70. The van der Waals surface area contributed by atoms with Crippen LogP contribution in [0.2, 0.25) is 0 Å². The van der Waals surface area contributed by atoms with Crippen molar-refractivity contribution in [3.63, 3.8) is 0 Å². The Morgan fingerprint density at radius 2 is 1.66 bits per heavy atom. The molecule has 0 spiro atoms. The number of hydrogen-bond acceptors (Lipinski definition) is 10. The first-order valence-electron chi connectivity index (χ1n) is 16.0. The molecule has 16 heteroatoms. The summed E-state index contributed by atoms with van der Waals surface area (Å²) in [6, 6.07) is 2.95. The van der Waals surface area contributed by atoms with Gasteiger partial charge in [0, 0.05) is 41.4 Å². The molecule has 2 atom stereocenters. The van der Waals surface area contributed by atoms with Crippen LogP contribution in [0.3, 0.4) is 0 Å². The van der Waals surface area contributed by atoms with E-state index in [1.165, 1.54) is 29.4 Å². The molecule has 0 aliphatic carbocycles. The smallest absolute Gasteiger partial charge is 0.413 e. The average Bonchev–Trinajstić information content (AvgIpc) is 3.36. The standard InChI is InChI=1S/C34H41FN6O9/c1-17-15-40(32(46)50-34(6,7)8)16-23(17)48-29(42)38-24-12-19-11-20(21-13-37-28-27(18(21)2)41(31(44)45)9-10-47-28)25(35)26(22(19)14-36-24)39-30(43)49-33(3,4)5/h11-14,17,23H,9-10,15-16H2,1-8H3,(H,39,43)(H,44,45)(H,36,38,42)/t17-,23-/m1/s1. The Labute approximate surface area is 288 Å². The van der Waals surface area contributed by atoms with Gasteiger partial charge in [-0.25, -0.2) is 33.5 Å². The molecular formula is C34H41FN6O9. The van der Waals surface area contributed by atoms with Gasteiger partial charge in [-0.1, -0.05) is 6.92 Å². The Morgan fingerprint density at radius 1 is 0.960 bits per heavy atom. The second kappa shape index (κ2) is 13.5. The van der Waals surface area contributed by atoms with Crippen molar-refractivity contribution in [3.8, 4) is 17.0 Å². The first-order valence-corrected chi connectivity index (χ1v) is 16.0. The lowest BCUT2D eigenvalue weighted by atomic mass is 9.96. The number of amides is 4. The summed E-state index contributed by atoms with van der Waals surface area (Å²) in [6.45, 7) is 14.4. The highest BCUT2D eigenvalue weighted by Crippen LogP contribution is 2.42. The zero-order chi connectivity index (χ0) is 36.7. The fraction of sp³-hybridized carbons (Fsp3) is 0.471. The van der Waals surface area contributed by atoms with Gasteiger partial charge in [-0.3, -0.25) is 15.5 Å². The normalized spacial score (nSPS) is 17.5. The Kier molecular flexibility index (Phi) is 9.67. The first-order chi connectivity index (χ1) is 23.3. The van der Waals surface area contributed by atoms with Crippen molar-refractivity contribution in [2.24, 2.45) is 5.92 Å². The van der Waals surface area contributed by atoms with E-state index in [9.17, 15) is 24.3 Å². The van der Waals surface area contributed by atoms with Gasteiger partial charge in [0.1, 0.15) is 35.4 Å². The summed E-state index contributed by atoms with van der Waals surface area (Å²) >= 11 is 0. The molecule has 1 fully saturated rings. The Morgan fingerprint density at radius 3 is 2.32 bits per heavy atom. The molecule has 15 nitrogen and oxygen atoms in total. The van der Waals surface area contributed by atoms with E-state index in [1.807, 2.05) is 6.92 Å². The lowest BCUT2D eigenvalue weighted by molar-refractivity contribution is 0.0262. The van der Waals surface area contributed by atoms with Gasteiger partial charge in [-0.05, 0) is 71.5 Å². The number of rotatable bonds is 4. The highest BCUT2D eigenvalue weighted by molar-refractivity contribution is 6.05. The van der Waals surface area contributed by atoms with Crippen LogP contribution in [0.5, 0.6) is 5.88 Å². The molecule has 2 aliphatic heterocycles. The van der Waals surface area contributed by atoms with Crippen LogP contribution >= 0.6 is 0 Å². The zero-order valence-electron chi connectivity index (χ0n) is 29.2. The molecule has 3 N–H and O–H groups in total. The monoisotopic (exact) mass is 696 g/mol. The average molecular weight is 697 g/mol. The van der Waals surface area contributed by atoms with Crippen molar-refractivity contribution in [1.82, 2.24) is 14.9 Å². The number of benzene rings is 1. The largest absolute Gasteiger partial charge is 0.474 e. The number of nitrogens with zero attached hydrogens (tertiary/aromatic N) is 4. The van der Waals surface area contributed by atoms with E-state index in [0.717, 1.165) is 4.90 Å². The Balaban J connectivity index is 1.48. The van der Waals surface area contributed by atoms with E-state index < -0.39 is 47.5 Å². The third-order valence-corrected chi connectivity index (χ3v) is 7.89. The molecule has 2 aliphatic rings. The number of ether oxygens (including phenoxy) is 4. The van der Waals surface area contributed by atoms with Crippen LogP contribution in [0.25, 0.3) is 21.9 Å². The van der Waals surface area contributed by atoms with Crippen LogP contribution < -0.4 is 20.3 Å². The van der Waals surface area contributed by atoms with E-state index in [4.69, 9.17) is 18.9 Å². The molecule has 3 aromatic rings. The summed E-state index contributed by atoms with van der Waals surface area (Å²) in [5.41, 5.74) is -1.04. The van der Waals surface area contributed by atoms with Crippen molar-refractivity contribution in [2.45, 2.75) is 72.7 Å². The van der Waals surface area contributed by atoms with E-state index in [2.05, 4.69) is 20.6 Å². The summed E-state index contributed by atoms with van der Waals surface area (Å²) in [4.78, 5) is 61.5. The maximum Gasteiger partial charge on any atom is 0.413 e. The van der Waals surface area contributed by atoms with Gasteiger partial charge in [-0.15, -0.1) is 0 Å². The molecule has 0 bridgehead atoms. The fourth-order valence-electron chi connectivity index (χ4n) is 5.70. The number of aromatic nitrogens is 2. The van der Waals surface area contributed by atoms with Crippen LogP contribution in [-0.2, 0) is 14.2 Å². The minimum absolute atomic E-state index is 0.0194. The number of nitrogens with one attached hydrogen (secondary N) is 2. The molecule has 50 heavy (non-hydrogen) atoms. The van der Waals surface area contributed by atoms with Gasteiger partial charge in [0.05, 0.1) is 18.8 Å². The van der Waals surface area contributed by atoms with Crippen molar-refractivity contribution in [3.05, 3.63) is 35.9 Å². The highest BCUT2D eigenvalue weighted by atomic mass is 19.1. The third kappa shape index (κ3) is 7.90. The van der Waals surface area contributed by atoms with Gasteiger partial charge in [0.25, 0.3) is 0 Å². The van der Waals surface area contributed by atoms with Crippen molar-refractivity contribution in [1.29, 1.82) is 0 Å². The number of fused-ring (bicyclic) bond motifs is 2. The number of halogens is 1. The van der Waals surface area contributed by atoms with Gasteiger partial charge in [0.2, 0.25) is 5.88 Å². The quantitative estimate of drug-likeness (QED) is 0.245. The first kappa shape index (κ1) is 35.9. The van der Waals surface area contributed by atoms with E-state index in [-0.39, 0.29) is 65.2 Å². The molecule has 1 saturated heterocycles. The van der Waals surface area contributed by atoms with Gasteiger partial charge in [-0.2, -0.15) is 0 Å². The summed E-state index contributed by atoms with van der Waals surface area (Å²) in [6.07, 6.45) is -1.43. The number of hydrogen-bond donors (Lipinski definition) is 3. The Hall–Kier alpha value is -5.41. The maximum absolute atomic E-state index is 16.5. The van der Waals surface area contributed by atoms with E-state index in [1.54, 1.807) is 48.5 Å². The van der Waals surface area contributed by atoms with Crippen LogP contribution in [0.15, 0.2) is 24.5 Å². The number of pyridine rings is 2. The van der Waals surface area contributed by atoms with Gasteiger partial charge >= 0.3 is 24.4 Å². The van der Waals surface area contributed by atoms with Crippen LogP contribution in [0.1, 0.15) is 54.0 Å². The summed E-state index contributed by atoms with van der Waals surface area (Å²) < 4.78 is 38.5. The van der Waals surface area contributed by atoms with Crippen molar-refractivity contribution >= 4 is 52.3 Å². The molecule has 0 radical (unpaired) electrons. The van der Waals surface area contributed by atoms with Crippen molar-refractivity contribution < 1.29 is 47.6 Å². The topological polar surface area (TPSA) is 182 Å². The van der Waals surface area contributed by atoms with E-state index >= 15 is 4.39 Å². The lowest BCUT2D eigenvalue weighted by Crippen LogP contribution is -2.37. The lowest BCUT2D eigenvalue weighted by Gasteiger charge is -2.29. The SMILES string of the molecule is Cc1c(-c2cc3cc(NC(=O)O[C@@H]4CN(C(=O)OC(C)(C)C)C[C@H]4C)ncc3c(NC(=O)OC(C)(C)C)c2F)cnc2c1N(C(=O)O)CCO2. The molecule has 0 unspecified atom stereocenters. The second-order valence-electron chi connectivity index (χ2n) is 14.2. The number of anilines is 3. The molecule has 4 heterocycles. The minimum Gasteiger partial charge on any atom is -0.474 e. The van der Waals surface area contributed by atoms with Crippen LogP contribution in [0.4, 0.5) is 40.8 Å².